The molecule has 0 aliphatic carbocycles. The van der Waals surface area contributed by atoms with Crippen LogP contribution in [-0.4, -0.2) is 67.1 Å². The highest BCUT2D eigenvalue weighted by molar-refractivity contribution is 7.99. The van der Waals surface area contributed by atoms with Gasteiger partial charge in [0.25, 0.3) is 10.0 Å². The number of hydrogen-bond donors (Lipinski definition) is 1. The highest BCUT2D eigenvalue weighted by atomic mass is 32.2. The zero-order valence-corrected chi connectivity index (χ0v) is 19.7. The van der Waals surface area contributed by atoms with Gasteiger partial charge in [-0.1, -0.05) is 18.2 Å². The van der Waals surface area contributed by atoms with Gasteiger partial charge in [-0.3, -0.25) is 9.59 Å². The summed E-state index contributed by atoms with van der Waals surface area (Å²) in [6, 6.07) is 11.6. The second kappa shape index (κ2) is 8.59. The zero-order chi connectivity index (χ0) is 23.0. The Bertz CT molecular complexity index is 1230. The van der Waals surface area contributed by atoms with Gasteiger partial charge in [0, 0.05) is 24.1 Å². The lowest BCUT2D eigenvalue weighted by Gasteiger charge is -2.26. The molecular weight excluding hydrogens is 448 g/mol. The van der Waals surface area contributed by atoms with E-state index in [1.807, 2.05) is 32.0 Å². The molecule has 0 spiro atoms. The Kier molecular flexibility index (Phi) is 6.00. The number of aryl methyl sites for hydroxylation is 2. The molecule has 2 heterocycles. The van der Waals surface area contributed by atoms with Crippen LogP contribution in [0.1, 0.15) is 16.7 Å². The number of carbonyl (C=O) groups excluding carboxylic acids is 2. The van der Waals surface area contributed by atoms with Crippen molar-refractivity contribution < 1.29 is 18.0 Å². The van der Waals surface area contributed by atoms with Gasteiger partial charge < -0.3 is 15.1 Å². The summed E-state index contributed by atoms with van der Waals surface area (Å²) in [6.07, 6.45) is 0. The normalized spacial score (nSPS) is 18.8. The number of benzene rings is 2. The minimum Gasteiger partial charge on any atom is -0.349 e. The minimum atomic E-state index is -3.77. The van der Waals surface area contributed by atoms with Crippen molar-refractivity contribution in [3.63, 3.8) is 0 Å². The average molecular weight is 473 g/mol. The molecule has 2 aliphatic heterocycles. The molecule has 0 aromatic heterocycles. The van der Waals surface area contributed by atoms with E-state index in [4.69, 9.17) is 0 Å². The maximum absolute atomic E-state index is 13.0. The van der Waals surface area contributed by atoms with E-state index in [0.717, 1.165) is 11.1 Å². The van der Waals surface area contributed by atoms with E-state index in [9.17, 15) is 18.0 Å². The molecule has 1 unspecified atom stereocenters. The van der Waals surface area contributed by atoms with Crippen molar-refractivity contribution >= 4 is 45.1 Å². The van der Waals surface area contributed by atoms with Crippen molar-refractivity contribution in [2.75, 3.05) is 30.5 Å². The van der Waals surface area contributed by atoms with E-state index in [-0.39, 0.29) is 29.1 Å². The van der Waals surface area contributed by atoms with Crippen LogP contribution in [0.4, 0.5) is 5.69 Å². The SMILES string of the molecule is Cc1ccc(NC(=O)C2CSCN2C(=O)CN(C)C2=NS(=O)(=O)c3ccccc32)cc1C. The van der Waals surface area contributed by atoms with E-state index in [2.05, 4.69) is 9.71 Å². The summed E-state index contributed by atoms with van der Waals surface area (Å²) in [5.74, 6) is 0.642. The fraction of sp³-hybridized carbons (Fsp3) is 0.318. The lowest BCUT2D eigenvalue weighted by atomic mass is 10.1. The van der Waals surface area contributed by atoms with Gasteiger partial charge in [0.05, 0.1) is 12.4 Å². The van der Waals surface area contributed by atoms with Gasteiger partial charge in [-0.15, -0.1) is 16.2 Å². The molecular formula is C22H24N4O4S2. The second-order valence-corrected chi connectivity index (χ2v) is 10.5. The Morgan fingerprint density at radius 1 is 1.19 bits per heavy atom. The number of fused-ring (bicyclic) bond motifs is 1. The van der Waals surface area contributed by atoms with Gasteiger partial charge >= 0.3 is 0 Å². The lowest BCUT2D eigenvalue weighted by molar-refractivity contribution is -0.136. The standard InChI is InChI=1S/C22H24N4O4S2/c1-14-8-9-16(10-15(14)2)23-22(28)18-12-31-13-26(18)20(27)11-25(3)21-17-6-4-5-7-19(17)32(29,30)24-21/h4-10,18H,11-13H2,1-3H3,(H,23,28). The molecule has 2 amide bonds. The van der Waals surface area contributed by atoms with Gasteiger partial charge in [0.2, 0.25) is 11.8 Å². The molecule has 0 radical (unpaired) electrons. The third-order valence-corrected chi connectivity index (χ3v) is 7.96. The smallest absolute Gasteiger partial charge is 0.285 e. The number of nitrogens with one attached hydrogen (secondary N) is 1. The molecule has 168 valence electrons. The molecule has 0 bridgehead atoms. The number of rotatable bonds is 4. The third-order valence-electron chi connectivity index (χ3n) is 5.63. The summed E-state index contributed by atoms with van der Waals surface area (Å²) in [4.78, 5) is 29.1. The summed E-state index contributed by atoms with van der Waals surface area (Å²) in [6.45, 7) is 3.90. The first-order valence-electron chi connectivity index (χ1n) is 10.1. The Balaban J connectivity index is 1.46. The van der Waals surface area contributed by atoms with Crippen LogP contribution in [-0.2, 0) is 19.6 Å². The van der Waals surface area contributed by atoms with Gasteiger partial charge in [0.1, 0.15) is 10.9 Å². The van der Waals surface area contributed by atoms with Crippen LogP contribution in [0.25, 0.3) is 0 Å². The molecule has 32 heavy (non-hydrogen) atoms. The van der Waals surface area contributed by atoms with Crippen LogP contribution in [0.2, 0.25) is 0 Å². The van der Waals surface area contributed by atoms with E-state index in [0.29, 0.717) is 22.9 Å². The van der Waals surface area contributed by atoms with Crippen LogP contribution in [0.15, 0.2) is 51.8 Å². The second-order valence-electron chi connectivity index (χ2n) is 7.91. The molecule has 2 aromatic carbocycles. The first kappa shape index (κ1) is 22.3. The number of sulfonamides is 1. The number of likely N-dealkylation sites (N-methyl/N-ethyl adjacent to an activating group) is 1. The number of thioether (sulfide) groups is 1. The number of amidine groups is 1. The van der Waals surface area contributed by atoms with E-state index < -0.39 is 16.1 Å². The van der Waals surface area contributed by atoms with Crippen molar-refractivity contribution in [3.8, 4) is 0 Å². The Labute approximate surface area is 191 Å². The van der Waals surface area contributed by atoms with Crippen LogP contribution >= 0.6 is 11.8 Å². The summed E-state index contributed by atoms with van der Waals surface area (Å²) in [5.41, 5.74) is 3.38. The summed E-state index contributed by atoms with van der Waals surface area (Å²) in [7, 11) is -2.14. The van der Waals surface area contributed by atoms with Gasteiger partial charge in [-0.25, -0.2) is 0 Å². The quantitative estimate of drug-likeness (QED) is 0.733. The van der Waals surface area contributed by atoms with Crippen LogP contribution in [0.3, 0.4) is 0 Å². The van der Waals surface area contributed by atoms with Crippen molar-refractivity contribution in [1.82, 2.24) is 9.80 Å². The van der Waals surface area contributed by atoms with Gasteiger partial charge in [-0.2, -0.15) is 8.42 Å². The molecule has 0 saturated carbocycles. The Morgan fingerprint density at radius 3 is 2.69 bits per heavy atom. The van der Waals surface area contributed by atoms with Crippen molar-refractivity contribution in [1.29, 1.82) is 0 Å². The summed E-state index contributed by atoms with van der Waals surface area (Å²) in [5, 5.41) is 2.91. The topological polar surface area (TPSA) is 99.2 Å². The van der Waals surface area contributed by atoms with Crippen molar-refractivity contribution in [2.45, 2.75) is 24.8 Å². The fourth-order valence-electron chi connectivity index (χ4n) is 3.68. The molecule has 2 aliphatic rings. The highest BCUT2D eigenvalue weighted by Crippen LogP contribution is 2.28. The number of hydrogen-bond acceptors (Lipinski definition) is 6. The molecule has 1 saturated heterocycles. The predicted octanol–water partition coefficient (Wildman–Crippen LogP) is 2.22. The molecule has 4 rings (SSSR count). The van der Waals surface area contributed by atoms with Gasteiger partial charge in [-0.05, 0) is 49.2 Å². The number of anilines is 1. The van der Waals surface area contributed by atoms with Crippen molar-refractivity contribution in [2.24, 2.45) is 4.40 Å². The minimum absolute atomic E-state index is 0.0866. The van der Waals surface area contributed by atoms with E-state index in [1.54, 1.807) is 25.2 Å². The van der Waals surface area contributed by atoms with Crippen LogP contribution in [0.5, 0.6) is 0 Å². The maximum Gasteiger partial charge on any atom is 0.285 e. The monoisotopic (exact) mass is 472 g/mol. The van der Waals surface area contributed by atoms with Crippen molar-refractivity contribution in [3.05, 3.63) is 59.2 Å². The molecule has 1 fully saturated rings. The fourth-order valence-corrected chi connectivity index (χ4v) is 6.11. The van der Waals surface area contributed by atoms with Crippen LogP contribution in [0, 0.1) is 13.8 Å². The third kappa shape index (κ3) is 4.24. The zero-order valence-electron chi connectivity index (χ0n) is 18.0. The molecule has 8 nitrogen and oxygen atoms in total. The Morgan fingerprint density at radius 2 is 1.94 bits per heavy atom. The highest BCUT2D eigenvalue weighted by Gasteiger charge is 2.36. The number of nitrogens with zero attached hydrogens (tertiary/aromatic N) is 3. The molecule has 2 aromatic rings. The number of amides is 2. The summed E-state index contributed by atoms with van der Waals surface area (Å²) < 4.78 is 28.5. The van der Waals surface area contributed by atoms with E-state index in [1.165, 1.54) is 27.6 Å². The van der Waals surface area contributed by atoms with Crippen LogP contribution < -0.4 is 5.32 Å². The molecule has 1 atom stereocenters. The molecule has 10 heteroatoms. The van der Waals surface area contributed by atoms with E-state index >= 15 is 0 Å². The largest absolute Gasteiger partial charge is 0.349 e. The molecule has 1 N–H and O–H groups in total. The first-order chi connectivity index (χ1) is 15.2. The first-order valence-corrected chi connectivity index (χ1v) is 12.7. The summed E-state index contributed by atoms with van der Waals surface area (Å²) >= 11 is 1.51. The maximum atomic E-state index is 13.0. The van der Waals surface area contributed by atoms with Gasteiger partial charge in [0.15, 0.2) is 5.84 Å². The number of carbonyl (C=O) groups is 2. The lowest BCUT2D eigenvalue weighted by Crippen LogP contribution is -2.48. The Hall–Kier alpha value is -2.85. The average Bonchev–Trinajstić information content (AvgIpc) is 3.34. The predicted molar refractivity (Wildman–Crippen MR) is 125 cm³/mol.